The first-order chi connectivity index (χ1) is 14.9. The summed E-state index contributed by atoms with van der Waals surface area (Å²) < 4.78 is 18.1. The molecule has 160 valence electrons. The summed E-state index contributed by atoms with van der Waals surface area (Å²) in [5, 5.41) is 0. The average Bonchev–Trinajstić information content (AvgIpc) is 3.35. The predicted molar refractivity (Wildman–Crippen MR) is 117 cm³/mol. The third kappa shape index (κ3) is 3.98. The van der Waals surface area contributed by atoms with Crippen LogP contribution in [0.2, 0.25) is 0 Å². The van der Waals surface area contributed by atoms with E-state index in [1.807, 2.05) is 12.1 Å². The lowest BCUT2D eigenvalue weighted by Gasteiger charge is -2.25. The van der Waals surface area contributed by atoms with E-state index in [-0.39, 0.29) is 11.7 Å². The summed E-state index contributed by atoms with van der Waals surface area (Å²) in [6.07, 6.45) is 2.93. The lowest BCUT2D eigenvalue weighted by Crippen LogP contribution is -2.40. The molecule has 7 nitrogen and oxygen atoms in total. The topological polar surface area (TPSA) is 83.0 Å². The van der Waals surface area contributed by atoms with Crippen LogP contribution in [0.1, 0.15) is 38.1 Å². The van der Waals surface area contributed by atoms with Crippen LogP contribution in [-0.2, 0) is 9.53 Å². The maximum atomic E-state index is 13.4. The highest BCUT2D eigenvalue weighted by atomic mass is 32.1. The molecule has 1 aliphatic heterocycles. The summed E-state index contributed by atoms with van der Waals surface area (Å²) in [6.45, 7) is 5.33. The minimum atomic E-state index is -0.660. The quantitative estimate of drug-likeness (QED) is 0.572. The van der Waals surface area contributed by atoms with Crippen molar-refractivity contribution in [2.75, 3.05) is 7.11 Å². The second-order valence-electron chi connectivity index (χ2n) is 7.32. The molecular formula is C23H22N2O5S. The Morgan fingerprint density at radius 1 is 1.26 bits per heavy atom. The van der Waals surface area contributed by atoms with Crippen molar-refractivity contribution in [3.63, 3.8) is 0 Å². The van der Waals surface area contributed by atoms with Crippen LogP contribution in [0.4, 0.5) is 0 Å². The summed E-state index contributed by atoms with van der Waals surface area (Å²) in [5.41, 5.74) is 1.38. The Morgan fingerprint density at radius 3 is 2.61 bits per heavy atom. The number of esters is 1. The van der Waals surface area contributed by atoms with Gasteiger partial charge in [-0.05, 0) is 50.6 Å². The fourth-order valence-corrected chi connectivity index (χ4v) is 4.49. The van der Waals surface area contributed by atoms with Crippen LogP contribution < -0.4 is 19.6 Å². The Hall–Kier alpha value is -3.39. The van der Waals surface area contributed by atoms with E-state index in [0.717, 1.165) is 5.56 Å². The Balaban J connectivity index is 1.94. The number of carbonyl (C=O) groups excluding carboxylic acids is 1. The molecule has 2 aromatic heterocycles. The van der Waals surface area contributed by atoms with Gasteiger partial charge < -0.3 is 13.9 Å². The Bertz CT molecular complexity index is 1310. The van der Waals surface area contributed by atoms with Gasteiger partial charge in [-0.25, -0.2) is 9.79 Å². The number of nitrogens with zero attached hydrogens (tertiary/aromatic N) is 2. The summed E-state index contributed by atoms with van der Waals surface area (Å²) in [4.78, 5) is 31.5. The maximum Gasteiger partial charge on any atom is 0.338 e. The van der Waals surface area contributed by atoms with Gasteiger partial charge in [0.05, 0.1) is 41.3 Å². The van der Waals surface area contributed by atoms with Gasteiger partial charge in [0.2, 0.25) is 0 Å². The van der Waals surface area contributed by atoms with Crippen LogP contribution in [0.25, 0.3) is 6.08 Å². The highest BCUT2D eigenvalue weighted by Gasteiger charge is 2.33. The minimum absolute atomic E-state index is 0.247. The van der Waals surface area contributed by atoms with Gasteiger partial charge in [0.25, 0.3) is 5.56 Å². The smallest absolute Gasteiger partial charge is 0.338 e. The number of hydrogen-bond donors (Lipinski definition) is 0. The molecule has 1 unspecified atom stereocenters. The van der Waals surface area contributed by atoms with Gasteiger partial charge in [-0.2, -0.15) is 0 Å². The van der Waals surface area contributed by atoms with Gasteiger partial charge >= 0.3 is 5.97 Å². The molecule has 0 N–H and O–H groups in total. The van der Waals surface area contributed by atoms with E-state index < -0.39 is 12.0 Å². The number of furan rings is 1. The van der Waals surface area contributed by atoms with Crippen LogP contribution in [0, 0.1) is 0 Å². The van der Waals surface area contributed by atoms with E-state index in [2.05, 4.69) is 4.99 Å². The predicted octanol–water partition coefficient (Wildman–Crippen LogP) is 2.79. The van der Waals surface area contributed by atoms with Gasteiger partial charge in [-0.15, -0.1) is 0 Å². The molecule has 0 spiro atoms. The van der Waals surface area contributed by atoms with Crippen LogP contribution in [0.15, 0.2) is 68.1 Å². The van der Waals surface area contributed by atoms with E-state index >= 15 is 0 Å². The van der Waals surface area contributed by atoms with Crippen LogP contribution in [0.3, 0.4) is 0 Å². The number of aromatic nitrogens is 1. The maximum absolute atomic E-state index is 13.4. The molecule has 1 atom stereocenters. The molecule has 0 radical (unpaired) electrons. The molecule has 0 aliphatic carbocycles. The number of fused-ring (bicyclic) bond motifs is 1. The van der Waals surface area contributed by atoms with Gasteiger partial charge in [0.15, 0.2) is 4.80 Å². The van der Waals surface area contributed by atoms with Crippen molar-refractivity contribution >= 4 is 23.4 Å². The molecule has 8 heteroatoms. The van der Waals surface area contributed by atoms with Crippen molar-refractivity contribution in [1.29, 1.82) is 0 Å². The summed E-state index contributed by atoms with van der Waals surface area (Å²) in [5.74, 6) is 0.764. The first-order valence-corrected chi connectivity index (χ1v) is 10.6. The van der Waals surface area contributed by atoms with Gasteiger partial charge in [-0.3, -0.25) is 9.36 Å². The number of rotatable bonds is 5. The first-order valence-electron chi connectivity index (χ1n) is 9.80. The van der Waals surface area contributed by atoms with Crippen molar-refractivity contribution in [2.45, 2.75) is 32.9 Å². The van der Waals surface area contributed by atoms with Crippen LogP contribution in [0.5, 0.6) is 5.75 Å². The van der Waals surface area contributed by atoms with E-state index in [0.29, 0.717) is 32.1 Å². The molecule has 3 aromatic rings. The Kier molecular flexibility index (Phi) is 5.65. The largest absolute Gasteiger partial charge is 0.497 e. The molecule has 0 saturated carbocycles. The van der Waals surface area contributed by atoms with Gasteiger partial charge in [0, 0.05) is 6.08 Å². The zero-order valence-electron chi connectivity index (χ0n) is 17.6. The Morgan fingerprint density at radius 2 is 2.00 bits per heavy atom. The summed E-state index contributed by atoms with van der Waals surface area (Å²) in [7, 11) is 1.59. The van der Waals surface area contributed by atoms with Crippen molar-refractivity contribution in [1.82, 2.24) is 4.57 Å². The number of thiazole rings is 1. The molecular weight excluding hydrogens is 416 g/mol. The highest BCUT2D eigenvalue weighted by Crippen LogP contribution is 2.31. The lowest BCUT2D eigenvalue weighted by atomic mass is 9.96. The van der Waals surface area contributed by atoms with E-state index in [4.69, 9.17) is 13.9 Å². The standard InChI is InChI=1S/C23H22N2O5S/c1-13(2)30-22(27)19-14(3)24-23-25(20(19)15-7-9-16(28-4)10-8-15)21(26)18(31-23)12-17-6-5-11-29-17/h5-13,20H,1-4H3/b18-12+. The number of hydrogen-bond acceptors (Lipinski definition) is 7. The molecule has 0 fully saturated rings. The third-order valence-electron chi connectivity index (χ3n) is 4.83. The second-order valence-corrected chi connectivity index (χ2v) is 8.33. The molecule has 31 heavy (non-hydrogen) atoms. The molecule has 0 amide bonds. The zero-order valence-corrected chi connectivity index (χ0v) is 18.4. The molecule has 3 heterocycles. The van der Waals surface area contributed by atoms with Crippen LogP contribution >= 0.6 is 11.3 Å². The normalized spacial score (nSPS) is 16.3. The minimum Gasteiger partial charge on any atom is -0.497 e. The lowest BCUT2D eigenvalue weighted by molar-refractivity contribution is -0.143. The van der Waals surface area contributed by atoms with E-state index in [9.17, 15) is 9.59 Å². The molecule has 0 bridgehead atoms. The number of carbonyl (C=O) groups is 1. The molecule has 1 aliphatic rings. The van der Waals surface area contributed by atoms with Crippen molar-refractivity contribution < 1.29 is 18.7 Å². The summed E-state index contributed by atoms with van der Waals surface area (Å²) >= 11 is 1.25. The van der Waals surface area contributed by atoms with E-state index in [1.165, 1.54) is 11.3 Å². The SMILES string of the molecule is COc1ccc(C2C(C(=O)OC(C)C)=C(C)N=c3s/c(=C/c4ccco4)c(=O)n32)cc1. The van der Waals surface area contributed by atoms with Crippen molar-refractivity contribution in [3.05, 3.63) is 84.9 Å². The van der Waals surface area contributed by atoms with Crippen molar-refractivity contribution in [3.8, 4) is 5.75 Å². The van der Waals surface area contributed by atoms with E-state index in [1.54, 1.807) is 69.1 Å². The monoisotopic (exact) mass is 438 g/mol. The van der Waals surface area contributed by atoms with Gasteiger partial charge in [-0.1, -0.05) is 23.5 Å². The number of ether oxygens (including phenoxy) is 2. The Labute approximate surface area is 182 Å². The average molecular weight is 439 g/mol. The van der Waals surface area contributed by atoms with Gasteiger partial charge in [0.1, 0.15) is 11.5 Å². The highest BCUT2D eigenvalue weighted by molar-refractivity contribution is 7.07. The first kappa shape index (κ1) is 20.9. The fraction of sp³-hybridized carbons (Fsp3) is 0.261. The number of methoxy groups -OCH3 is 1. The number of benzene rings is 1. The molecule has 4 rings (SSSR count). The zero-order chi connectivity index (χ0) is 22.1. The molecule has 0 saturated heterocycles. The second kappa shape index (κ2) is 8.39. The third-order valence-corrected chi connectivity index (χ3v) is 5.82. The molecule has 1 aromatic carbocycles. The van der Waals surface area contributed by atoms with Crippen LogP contribution in [-0.4, -0.2) is 23.8 Å². The summed E-state index contributed by atoms with van der Waals surface area (Å²) in [6, 6.07) is 10.2. The fourth-order valence-electron chi connectivity index (χ4n) is 3.46. The number of allylic oxidation sites excluding steroid dienone is 1. The van der Waals surface area contributed by atoms with Crippen molar-refractivity contribution in [2.24, 2.45) is 4.99 Å².